The summed E-state index contributed by atoms with van der Waals surface area (Å²) < 4.78 is 22.6. The highest BCUT2D eigenvalue weighted by atomic mass is 32.2. The number of carbonyl (C=O) groups is 1. The second kappa shape index (κ2) is 5.72. The molecule has 0 saturated carbocycles. The minimum Gasteiger partial charge on any atom is -0.397 e. The van der Waals surface area contributed by atoms with Crippen LogP contribution in [0.25, 0.3) is 0 Å². The maximum atomic E-state index is 11.3. The molecule has 0 fully saturated rings. The predicted octanol–water partition coefficient (Wildman–Crippen LogP) is 0.220. The zero-order valence-electron chi connectivity index (χ0n) is 10.4. The summed E-state index contributed by atoms with van der Waals surface area (Å²) in [5.74, 6) is -0.0752. The number of nitrogens with two attached hydrogens (primary N) is 1. The van der Waals surface area contributed by atoms with Crippen LogP contribution in [-0.4, -0.2) is 34.2 Å². The Bertz CT molecular complexity index is 540. The van der Waals surface area contributed by atoms with Gasteiger partial charge in [0.1, 0.15) is 0 Å². The molecule has 7 heteroatoms. The van der Waals surface area contributed by atoms with Crippen molar-refractivity contribution < 1.29 is 13.2 Å². The van der Waals surface area contributed by atoms with Crippen molar-refractivity contribution in [2.45, 2.75) is 11.3 Å². The number of rotatable bonds is 5. The van der Waals surface area contributed by atoms with E-state index in [1.54, 1.807) is 13.1 Å². The lowest BCUT2D eigenvalue weighted by atomic mass is 10.2. The largest absolute Gasteiger partial charge is 0.397 e. The maximum absolute atomic E-state index is 11.3. The summed E-state index contributed by atoms with van der Waals surface area (Å²) in [5, 5.41) is 5.48. The molecule has 0 heterocycles. The van der Waals surface area contributed by atoms with Gasteiger partial charge in [0.25, 0.3) is 0 Å². The summed E-state index contributed by atoms with van der Waals surface area (Å²) >= 11 is 0. The van der Waals surface area contributed by atoms with Crippen molar-refractivity contribution in [3.8, 4) is 0 Å². The third kappa shape index (κ3) is 3.92. The molecule has 0 aliphatic carbocycles. The number of hydrogen-bond donors (Lipinski definition) is 3. The van der Waals surface area contributed by atoms with Crippen LogP contribution in [-0.2, 0) is 14.6 Å². The second-order valence-corrected chi connectivity index (χ2v) is 5.89. The number of nitrogens with one attached hydrogen (secondary N) is 2. The first-order chi connectivity index (χ1) is 8.34. The van der Waals surface area contributed by atoms with Gasteiger partial charge in [0.15, 0.2) is 9.84 Å². The predicted molar refractivity (Wildman–Crippen MR) is 71.1 cm³/mol. The summed E-state index contributed by atoms with van der Waals surface area (Å²) in [5.41, 5.74) is 6.70. The Morgan fingerprint density at radius 2 is 2.06 bits per heavy atom. The van der Waals surface area contributed by atoms with Crippen molar-refractivity contribution >= 4 is 27.1 Å². The van der Waals surface area contributed by atoms with Crippen molar-refractivity contribution in [2.75, 3.05) is 30.9 Å². The molecule has 1 aromatic rings. The number of anilines is 2. The number of hydrogen-bond acceptors (Lipinski definition) is 5. The SMILES string of the molecule is CNC(=O)CCNc1ccc(S(C)(=O)=O)cc1N. The average Bonchev–Trinajstić information content (AvgIpc) is 2.29. The molecule has 100 valence electrons. The molecule has 0 atom stereocenters. The normalized spacial score (nSPS) is 11.0. The molecule has 0 unspecified atom stereocenters. The minimum absolute atomic E-state index is 0.0752. The topological polar surface area (TPSA) is 101 Å². The van der Waals surface area contributed by atoms with Crippen molar-refractivity contribution in [1.82, 2.24) is 5.32 Å². The Morgan fingerprint density at radius 1 is 1.39 bits per heavy atom. The smallest absolute Gasteiger partial charge is 0.221 e. The first-order valence-electron chi connectivity index (χ1n) is 5.38. The molecule has 18 heavy (non-hydrogen) atoms. The lowest BCUT2D eigenvalue weighted by molar-refractivity contribution is -0.120. The fourth-order valence-corrected chi connectivity index (χ4v) is 2.02. The fraction of sp³-hybridized carbons (Fsp3) is 0.364. The van der Waals surface area contributed by atoms with Crippen LogP contribution < -0.4 is 16.4 Å². The van der Waals surface area contributed by atoms with Crippen LogP contribution in [0, 0.1) is 0 Å². The van der Waals surface area contributed by atoms with E-state index in [2.05, 4.69) is 10.6 Å². The van der Waals surface area contributed by atoms with Gasteiger partial charge in [-0.3, -0.25) is 4.79 Å². The highest BCUT2D eigenvalue weighted by Gasteiger charge is 2.09. The van der Waals surface area contributed by atoms with Crippen LogP contribution in [0.1, 0.15) is 6.42 Å². The summed E-state index contributed by atoms with van der Waals surface area (Å²) in [7, 11) is -1.68. The number of benzene rings is 1. The van der Waals surface area contributed by atoms with E-state index in [1.165, 1.54) is 12.1 Å². The monoisotopic (exact) mass is 271 g/mol. The van der Waals surface area contributed by atoms with Crippen molar-refractivity contribution in [3.63, 3.8) is 0 Å². The lowest BCUT2D eigenvalue weighted by Gasteiger charge is -2.10. The fourth-order valence-electron chi connectivity index (χ4n) is 1.37. The molecule has 0 aliphatic heterocycles. The van der Waals surface area contributed by atoms with Crippen LogP contribution in [0.5, 0.6) is 0 Å². The first-order valence-corrected chi connectivity index (χ1v) is 7.28. The number of amides is 1. The van der Waals surface area contributed by atoms with Gasteiger partial charge in [-0.25, -0.2) is 8.42 Å². The van der Waals surface area contributed by atoms with Crippen LogP contribution in [0.3, 0.4) is 0 Å². The van der Waals surface area contributed by atoms with Crippen molar-refractivity contribution in [3.05, 3.63) is 18.2 Å². The summed E-state index contributed by atoms with van der Waals surface area (Å²) in [6.07, 6.45) is 1.45. The summed E-state index contributed by atoms with van der Waals surface area (Å²) in [6, 6.07) is 4.47. The quantitative estimate of drug-likeness (QED) is 0.665. The van der Waals surface area contributed by atoms with Crippen LogP contribution >= 0.6 is 0 Å². The van der Waals surface area contributed by atoms with E-state index in [9.17, 15) is 13.2 Å². The maximum Gasteiger partial charge on any atom is 0.221 e. The number of carbonyl (C=O) groups excluding carboxylic acids is 1. The summed E-state index contributed by atoms with van der Waals surface area (Å²) in [6.45, 7) is 0.433. The lowest BCUT2D eigenvalue weighted by Crippen LogP contribution is -2.21. The molecule has 4 N–H and O–H groups in total. The van der Waals surface area contributed by atoms with Gasteiger partial charge < -0.3 is 16.4 Å². The second-order valence-electron chi connectivity index (χ2n) is 3.87. The molecule has 0 saturated heterocycles. The van der Waals surface area contributed by atoms with E-state index in [0.717, 1.165) is 6.26 Å². The molecule has 0 bridgehead atoms. The molecule has 1 aromatic carbocycles. The number of nitrogen functional groups attached to an aromatic ring is 1. The Hall–Kier alpha value is -1.76. The van der Waals surface area contributed by atoms with E-state index in [0.29, 0.717) is 24.3 Å². The Labute approximate surface area is 106 Å². The molecule has 1 amide bonds. The molecule has 0 aliphatic rings. The van der Waals surface area contributed by atoms with Gasteiger partial charge in [0, 0.05) is 26.3 Å². The first kappa shape index (κ1) is 14.3. The molecule has 1 rings (SSSR count). The third-order valence-electron chi connectivity index (χ3n) is 2.40. The molecular formula is C11H17N3O3S. The standard InChI is InChI=1S/C11H17N3O3S/c1-13-11(15)5-6-14-10-4-3-8(7-9(10)12)18(2,16)17/h3-4,7,14H,5-6,12H2,1-2H3,(H,13,15). The van der Waals surface area contributed by atoms with E-state index in [1.807, 2.05) is 0 Å². The third-order valence-corrected chi connectivity index (χ3v) is 3.51. The van der Waals surface area contributed by atoms with Gasteiger partial charge in [-0.2, -0.15) is 0 Å². The number of sulfone groups is 1. The zero-order chi connectivity index (χ0) is 13.8. The van der Waals surface area contributed by atoms with Crippen molar-refractivity contribution in [1.29, 1.82) is 0 Å². The Balaban J connectivity index is 2.72. The molecular weight excluding hydrogens is 254 g/mol. The molecule has 0 radical (unpaired) electrons. The average molecular weight is 271 g/mol. The molecule has 0 aromatic heterocycles. The van der Waals surface area contributed by atoms with E-state index < -0.39 is 9.84 Å². The Kier molecular flexibility index (Phi) is 4.55. The summed E-state index contributed by atoms with van der Waals surface area (Å²) in [4.78, 5) is 11.2. The molecule has 6 nitrogen and oxygen atoms in total. The van der Waals surface area contributed by atoms with Gasteiger partial charge in [0.05, 0.1) is 16.3 Å². The van der Waals surface area contributed by atoms with Gasteiger partial charge in [0.2, 0.25) is 5.91 Å². The highest BCUT2D eigenvalue weighted by molar-refractivity contribution is 7.90. The van der Waals surface area contributed by atoms with Gasteiger partial charge in [-0.15, -0.1) is 0 Å². The molecule has 0 spiro atoms. The minimum atomic E-state index is -3.25. The van der Waals surface area contributed by atoms with E-state index in [-0.39, 0.29) is 10.8 Å². The van der Waals surface area contributed by atoms with Gasteiger partial charge in [-0.05, 0) is 18.2 Å². The van der Waals surface area contributed by atoms with Gasteiger partial charge >= 0.3 is 0 Å². The van der Waals surface area contributed by atoms with E-state index >= 15 is 0 Å². The Morgan fingerprint density at radius 3 is 2.56 bits per heavy atom. The van der Waals surface area contributed by atoms with Crippen LogP contribution in [0.4, 0.5) is 11.4 Å². The van der Waals surface area contributed by atoms with Crippen LogP contribution in [0.15, 0.2) is 23.1 Å². The highest BCUT2D eigenvalue weighted by Crippen LogP contribution is 2.22. The van der Waals surface area contributed by atoms with Gasteiger partial charge in [-0.1, -0.05) is 0 Å². The van der Waals surface area contributed by atoms with Crippen LogP contribution in [0.2, 0.25) is 0 Å². The zero-order valence-corrected chi connectivity index (χ0v) is 11.2. The van der Waals surface area contributed by atoms with Crippen molar-refractivity contribution in [2.24, 2.45) is 0 Å². The van der Waals surface area contributed by atoms with E-state index in [4.69, 9.17) is 5.73 Å².